The van der Waals surface area contributed by atoms with Crippen LogP contribution in [0, 0.1) is 12.3 Å². The second-order valence-electron chi connectivity index (χ2n) is 8.30. The van der Waals surface area contributed by atoms with E-state index in [0.717, 1.165) is 29.5 Å². The van der Waals surface area contributed by atoms with E-state index < -0.39 is 0 Å². The minimum absolute atomic E-state index is 0.0846. The van der Waals surface area contributed by atoms with Gasteiger partial charge in [-0.2, -0.15) is 0 Å². The molecule has 4 aliphatic rings. The lowest BCUT2D eigenvalue weighted by molar-refractivity contribution is 0.200. The van der Waals surface area contributed by atoms with Crippen LogP contribution in [0.3, 0.4) is 0 Å². The molecule has 2 atom stereocenters. The first-order chi connectivity index (χ1) is 14.6. The molecule has 30 heavy (non-hydrogen) atoms. The fourth-order valence-corrected chi connectivity index (χ4v) is 4.62. The van der Waals surface area contributed by atoms with Crippen LogP contribution in [-0.2, 0) is 0 Å². The van der Waals surface area contributed by atoms with Crippen molar-refractivity contribution in [3.63, 3.8) is 0 Å². The Morgan fingerprint density at radius 2 is 2.13 bits per heavy atom. The predicted octanol–water partition coefficient (Wildman–Crippen LogP) is 1.97. The summed E-state index contributed by atoms with van der Waals surface area (Å²) < 4.78 is 2.16. The molecule has 0 aromatic carbocycles. The van der Waals surface area contributed by atoms with Gasteiger partial charge in [-0.25, -0.2) is 0 Å². The Balaban J connectivity index is 1.43. The number of hydrogen-bond donors (Lipinski definition) is 2. The number of hydrogen-bond acceptors (Lipinski definition) is 6. The van der Waals surface area contributed by atoms with Gasteiger partial charge in [0.1, 0.15) is 5.82 Å². The third-order valence-electron chi connectivity index (χ3n) is 6.23. The number of nitrogens with zero attached hydrogens (tertiary/aromatic N) is 5. The topological polar surface area (TPSA) is 87.1 Å². The summed E-state index contributed by atoms with van der Waals surface area (Å²) in [6, 6.07) is 0.203. The van der Waals surface area contributed by atoms with Crippen LogP contribution in [-0.4, -0.2) is 69.0 Å². The highest BCUT2D eigenvalue weighted by molar-refractivity contribution is 5.98. The summed E-state index contributed by atoms with van der Waals surface area (Å²) in [5.41, 5.74) is 16.2. The zero-order chi connectivity index (χ0) is 20.7. The molecule has 7 heteroatoms. The number of rotatable bonds is 7. The van der Waals surface area contributed by atoms with Crippen molar-refractivity contribution in [2.24, 2.45) is 5.73 Å². The third kappa shape index (κ3) is 3.32. The van der Waals surface area contributed by atoms with Gasteiger partial charge in [-0.3, -0.25) is 4.90 Å². The first-order valence-electron chi connectivity index (χ1n) is 10.6. The molecule has 0 spiro atoms. The number of likely N-dealkylation sites (tertiary alicyclic amines) is 1. The average Bonchev–Trinajstić information content (AvgIpc) is 3.26. The van der Waals surface area contributed by atoms with Crippen molar-refractivity contribution < 1.29 is 0 Å². The molecule has 2 unspecified atom stereocenters. The van der Waals surface area contributed by atoms with Crippen molar-refractivity contribution in [1.82, 2.24) is 24.6 Å². The van der Waals surface area contributed by atoms with E-state index >= 15 is 0 Å². The molecule has 5 rings (SSSR count). The van der Waals surface area contributed by atoms with Crippen molar-refractivity contribution in [3.8, 4) is 0 Å². The largest absolute Gasteiger partial charge is 0.356 e. The van der Waals surface area contributed by atoms with Crippen LogP contribution in [0.1, 0.15) is 30.5 Å². The Hall–Kier alpha value is -2.95. The Morgan fingerprint density at radius 3 is 2.90 bits per heavy atom. The molecule has 7 nitrogen and oxygen atoms in total. The summed E-state index contributed by atoms with van der Waals surface area (Å²) in [7, 11) is 0. The Kier molecular flexibility index (Phi) is 4.89. The van der Waals surface area contributed by atoms with Gasteiger partial charge < -0.3 is 20.6 Å². The molecule has 4 heterocycles. The summed E-state index contributed by atoms with van der Waals surface area (Å²) >= 11 is 0. The molecular formula is C23H27N7. The molecule has 0 saturated carbocycles. The van der Waals surface area contributed by atoms with Crippen molar-refractivity contribution in [2.75, 3.05) is 32.7 Å². The van der Waals surface area contributed by atoms with Crippen LogP contribution in [0.4, 0.5) is 0 Å². The third-order valence-corrected chi connectivity index (χ3v) is 6.23. The number of nitrogens with two attached hydrogens (primary N) is 1. The lowest BCUT2D eigenvalue weighted by Gasteiger charge is -2.34. The quantitative estimate of drug-likeness (QED) is 0.539. The second-order valence-corrected chi connectivity index (χ2v) is 8.30. The van der Waals surface area contributed by atoms with E-state index in [1.165, 1.54) is 25.1 Å². The molecule has 1 fully saturated rings. The molecule has 0 radical (unpaired) electrons. The Morgan fingerprint density at radius 1 is 1.27 bits per heavy atom. The van der Waals surface area contributed by atoms with Gasteiger partial charge in [0, 0.05) is 18.5 Å². The van der Waals surface area contributed by atoms with E-state index in [-0.39, 0.29) is 12.1 Å². The van der Waals surface area contributed by atoms with Crippen molar-refractivity contribution >= 4 is 11.8 Å². The molecule has 3 N–H and O–H groups in total. The Bertz CT molecular complexity index is 1070. The first kappa shape index (κ1) is 19.0. The average molecular weight is 402 g/mol. The maximum atomic E-state index is 8.62. The van der Waals surface area contributed by atoms with Gasteiger partial charge in [-0.1, -0.05) is 17.5 Å². The molecule has 154 valence electrons. The van der Waals surface area contributed by atoms with Crippen LogP contribution in [0.15, 0.2) is 52.6 Å². The Labute approximate surface area is 176 Å². The van der Waals surface area contributed by atoms with E-state index in [1.807, 2.05) is 19.1 Å². The predicted molar refractivity (Wildman–Crippen MR) is 117 cm³/mol. The number of fused-ring (bicyclic) bond motifs is 3. The van der Waals surface area contributed by atoms with Crippen LogP contribution in [0.5, 0.6) is 0 Å². The van der Waals surface area contributed by atoms with Crippen LogP contribution < -0.4 is 5.73 Å². The summed E-state index contributed by atoms with van der Waals surface area (Å²) in [6.45, 7) is 6.47. The lowest BCUT2D eigenvalue weighted by Crippen LogP contribution is -2.39. The molecular weight excluding hydrogens is 374 g/mol. The van der Waals surface area contributed by atoms with Crippen molar-refractivity contribution in [2.45, 2.75) is 31.8 Å². The van der Waals surface area contributed by atoms with Crippen LogP contribution in [0.2, 0.25) is 0 Å². The summed E-state index contributed by atoms with van der Waals surface area (Å²) in [5, 5.41) is 17.1. The minimum Gasteiger partial charge on any atom is -0.356 e. The van der Waals surface area contributed by atoms with Crippen LogP contribution in [0.25, 0.3) is 6.08 Å². The van der Waals surface area contributed by atoms with E-state index in [4.69, 9.17) is 11.1 Å². The van der Waals surface area contributed by atoms with Gasteiger partial charge in [0.2, 0.25) is 0 Å². The van der Waals surface area contributed by atoms with Gasteiger partial charge in [0.25, 0.3) is 0 Å². The number of nitrogens with one attached hydrogen (secondary N) is 1. The van der Waals surface area contributed by atoms with Gasteiger partial charge in [0.05, 0.1) is 30.0 Å². The molecule has 1 saturated heterocycles. The molecule has 1 aromatic rings. The molecule has 1 aromatic heterocycles. The maximum absolute atomic E-state index is 8.62. The summed E-state index contributed by atoms with van der Waals surface area (Å²) in [6.07, 6.45) is 12.5. The van der Waals surface area contributed by atoms with Crippen LogP contribution >= 0.6 is 0 Å². The van der Waals surface area contributed by atoms with E-state index in [2.05, 4.69) is 54.3 Å². The highest BCUT2D eigenvalue weighted by Gasteiger charge is 2.39. The second kappa shape index (κ2) is 7.71. The van der Waals surface area contributed by atoms with Crippen molar-refractivity contribution in [3.05, 3.63) is 64.3 Å². The highest BCUT2D eigenvalue weighted by atomic mass is 15.3. The van der Waals surface area contributed by atoms with E-state index in [1.54, 1.807) is 0 Å². The molecule has 3 aliphatic heterocycles. The zero-order valence-corrected chi connectivity index (χ0v) is 17.3. The minimum atomic E-state index is 0.0846. The number of allylic oxidation sites excluding steroid dienone is 1. The van der Waals surface area contributed by atoms with Gasteiger partial charge in [0.15, 0.2) is 5.82 Å². The maximum Gasteiger partial charge on any atom is 0.157 e. The van der Waals surface area contributed by atoms with Crippen molar-refractivity contribution in [1.29, 1.82) is 5.41 Å². The molecule has 0 amide bonds. The van der Waals surface area contributed by atoms with Gasteiger partial charge in [-0.05, 0) is 62.9 Å². The summed E-state index contributed by atoms with van der Waals surface area (Å²) in [4.78, 5) is 4.75. The fraction of sp³-hybridized carbons (Fsp3) is 0.435. The normalized spacial score (nSPS) is 24.2. The van der Waals surface area contributed by atoms with Gasteiger partial charge >= 0.3 is 0 Å². The van der Waals surface area contributed by atoms with E-state index in [0.29, 0.717) is 25.2 Å². The standard InChI is InChI=1S/C23H27N7/c1-16-26-27-23-7-6-20-22(30(16)23)13-21(19(25)8-9-24)29(20)15-18-5-2-4-17(12-18)14-28-10-3-11-28/h4,6-7,12-13,20,22,25H,3,8-11,14-15,24H2,1H3. The molecule has 1 aliphatic carbocycles. The first-order valence-corrected chi connectivity index (χ1v) is 10.6. The molecule has 0 bridgehead atoms. The lowest BCUT2D eigenvalue weighted by atomic mass is 10.0. The monoisotopic (exact) mass is 401 g/mol. The summed E-state index contributed by atoms with van der Waals surface area (Å²) in [5.74, 6) is 1.76. The SMILES string of the molecule is Cc1nnc2n1C1C=C(C(=N)CCN)N(CC3=C=C=CC(CN4CCC4)=C3)C1C=C2. The number of aromatic nitrogens is 3. The smallest absolute Gasteiger partial charge is 0.157 e. The van der Waals surface area contributed by atoms with E-state index in [9.17, 15) is 0 Å². The fourth-order valence-electron chi connectivity index (χ4n) is 4.62. The van der Waals surface area contributed by atoms with Gasteiger partial charge in [-0.15, -0.1) is 10.2 Å². The highest BCUT2D eigenvalue weighted by Crippen LogP contribution is 2.38. The number of aryl methyl sites for hydroxylation is 1. The zero-order valence-electron chi connectivity index (χ0n) is 17.3.